The quantitative estimate of drug-likeness (QED) is 0.503. The summed E-state index contributed by atoms with van der Waals surface area (Å²) in [5.74, 6) is -1.20. The van der Waals surface area contributed by atoms with Gasteiger partial charge < -0.3 is 10.0 Å². The molecule has 3 atom stereocenters. The predicted molar refractivity (Wildman–Crippen MR) is 123 cm³/mol. The van der Waals surface area contributed by atoms with Crippen molar-refractivity contribution >= 4 is 15.8 Å². The zero-order chi connectivity index (χ0) is 25.6. The highest BCUT2D eigenvalue weighted by molar-refractivity contribution is 7.91. The molecular weight excluding hydrogens is 486 g/mol. The van der Waals surface area contributed by atoms with Crippen LogP contribution >= 0.6 is 0 Å². The van der Waals surface area contributed by atoms with E-state index < -0.39 is 44.8 Å². The molecule has 6 nitrogen and oxygen atoms in total. The van der Waals surface area contributed by atoms with Crippen LogP contribution in [0.3, 0.4) is 0 Å². The van der Waals surface area contributed by atoms with Crippen molar-refractivity contribution in [3.8, 4) is 11.1 Å². The minimum atomic E-state index is -5.31. The average Bonchev–Trinajstić information content (AvgIpc) is 3.13. The summed E-state index contributed by atoms with van der Waals surface area (Å²) in [6.45, 7) is 1.86. The third-order valence-electron chi connectivity index (χ3n) is 6.87. The van der Waals surface area contributed by atoms with Crippen LogP contribution in [0, 0.1) is 17.5 Å². The highest BCUT2D eigenvalue weighted by atomic mass is 32.2. The molecule has 1 amide bonds. The standard InChI is InChI=1S/C24H27F4N3O3S/c1-15-5-2-6-16(13-15)18-8-3-7-17(21(18)25)14-20-19(30-35(29,34)24(26,27)28)9-12-31(20)22(32)23(33)10-4-11-23/h2-3,5-8,13,19-20,33H,4,9-12,14H2,1H3,(H2,29,30,34)/t19-,20-,35?/m0/s1. The lowest BCUT2D eigenvalue weighted by atomic mass is 9.79. The Balaban J connectivity index is 1.68. The van der Waals surface area contributed by atoms with Gasteiger partial charge >= 0.3 is 5.51 Å². The molecule has 0 aromatic heterocycles. The van der Waals surface area contributed by atoms with Gasteiger partial charge in [0.25, 0.3) is 5.91 Å². The van der Waals surface area contributed by atoms with Gasteiger partial charge in [0.05, 0.1) is 6.04 Å². The molecule has 1 aliphatic carbocycles. The maximum absolute atomic E-state index is 15.6. The van der Waals surface area contributed by atoms with Crippen LogP contribution in [-0.4, -0.2) is 49.9 Å². The molecule has 11 heteroatoms. The third-order valence-corrected chi connectivity index (χ3v) is 8.15. The number of aryl methyl sites for hydroxylation is 1. The van der Waals surface area contributed by atoms with Gasteiger partial charge in [0.15, 0.2) is 0 Å². The minimum Gasteiger partial charge on any atom is -0.380 e. The van der Waals surface area contributed by atoms with E-state index in [4.69, 9.17) is 4.78 Å². The van der Waals surface area contributed by atoms with Gasteiger partial charge in [-0.25, -0.2) is 18.1 Å². The number of hydrogen-bond donors (Lipinski definition) is 3. The minimum absolute atomic E-state index is 0.00393. The lowest BCUT2D eigenvalue weighted by Gasteiger charge is -2.40. The highest BCUT2D eigenvalue weighted by Gasteiger charge is 2.51. The van der Waals surface area contributed by atoms with E-state index in [-0.39, 0.29) is 37.8 Å². The Kier molecular flexibility index (Phi) is 6.71. The van der Waals surface area contributed by atoms with Crippen LogP contribution in [0.15, 0.2) is 42.5 Å². The first-order valence-electron chi connectivity index (χ1n) is 11.3. The normalized spacial score (nSPS) is 23.5. The molecule has 190 valence electrons. The summed E-state index contributed by atoms with van der Waals surface area (Å²) in [6.07, 6.45) is 0.935. The number of alkyl halides is 3. The molecule has 2 aliphatic rings. The van der Waals surface area contributed by atoms with Crippen molar-refractivity contribution in [2.45, 2.75) is 62.2 Å². The number of hydrogen-bond acceptors (Lipinski definition) is 4. The Morgan fingerprint density at radius 1 is 1.26 bits per heavy atom. The lowest BCUT2D eigenvalue weighted by Crippen LogP contribution is -2.57. The molecule has 3 N–H and O–H groups in total. The fourth-order valence-corrected chi connectivity index (χ4v) is 5.60. The second kappa shape index (κ2) is 9.18. The molecule has 1 saturated heterocycles. The van der Waals surface area contributed by atoms with Gasteiger partial charge in [0.1, 0.15) is 11.4 Å². The first-order chi connectivity index (χ1) is 16.3. The molecular formula is C24H27F4N3O3S. The van der Waals surface area contributed by atoms with Gasteiger partial charge in [-0.15, -0.1) is 0 Å². The summed E-state index contributed by atoms with van der Waals surface area (Å²) in [4.78, 5) is 14.3. The van der Waals surface area contributed by atoms with Gasteiger partial charge in [0.2, 0.25) is 9.92 Å². The number of nitrogens with one attached hydrogen (secondary N) is 2. The number of aliphatic hydroxyl groups is 1. The second-order valence-electron chi connectivity index (χ2n) is 9.32. The van der Waals surface area contributed by atoms with Crippen molar-refractivity contribution in [2.75, 3.05) is 6.54 Å². The fourth-order valence-electron chi connectivity index (χ4n) is 4.77. The first-order valence-corrected chi connectivity index (χ1v) is 12.9. The summed E-state index contributed by atoms with van der Waals surface area (Å²) in [7, 11) is -5.19. The molecule has 0 spiro atoms. The summed E-state index contributed by atoms with van der Waals surface area (Å²) in [5.41, 5.74) is -4.86. The molecule has 1 aliphatic heterocycles. The summed E-state index contributed by atoms with van der Waals surface area (Å²) in [6, 6.07) is 9.73. The Labute approximate surface area is 201 Å². The van der Waals surface area contributed by atoms with Crippen molar-refractivity contribution in [1.82, 2.24) is 9.62 Å². The first kappa shape index (κ1) is 25.6. The molecule has 2 aromatic rings. The van der Waals surface area contributed by atoms with Gasteiger partial charge in [-0.05, 0) is 50.2 Å². The van der Waals surface area contributed by atoms with Gasteiger partial charge in [-0.2, -0.15) is 13.2 Å². The van der Waals surface area contributed by atoms with Crippen LogP contribution in [0.25, 0.3) is 11.1 Å². The number of carbonyl (C=O) groups is 1. The van der Waals surface area contributed by atoms with Gasteiger partial charge in [-0.1, -0.05) is 48.0 Å². The van der Waals surface area contributed by atoms with E-state index in [1.165, 1.54) is 11.0 Å². The summed E-state index contributed by atoms with van der Waals surface area (Å²) >= 11 is 0. The smallest absolute Gasteiger partial charge is 0.380 e. The molecule has 0 bridgehead atoms. The van der Waals surface area contributed by atoms with E-state index in [1.54, 1.807) is 24.3 Å². The zero-order valence-corrected chi connectivity index (χ0v) is 19.9. The number of benzene rings is 2. The van der Waals surface area contributed by atoms with Crippen LogP contribution in [0.5, 0.6) is 0 Å². The van der Waals surface area contributed by atoms with Crippen molar-refractivity contribution in [2.24, 2.45) is 0 Å². The number of halogens is 4. The molecule has 1 unspecified atom stereocenters. The Bertz CT molecular complexity index is 1230. The Morgan fingerprint density at radius 3 is 2.54 bits per heavy atom. The van der Waals surface area contributed by atoms with E-state index in [0.29, 0.717) is 17.5 Å². The molecule has 35 heavy (non-hydrogen) atoms. The average molecular weight is 514 g/mol. The topological polar surface area (TPSA) is 93.5 Å². The monoisotopic (exact) mass is 513 g/mol. The third kappa shape index (κ3) is 4.94. The number of likely N-dealkylation sites (tertiary alicyclic amines) is 1. The molecule has 1 saturated carbocycles. The molecule has 2 fully saturated rings. The Morgan fingerprint density at radius 2 is 1.94 bits per heavy atom. The number of nitrogens with zero attached hydrogens (tertiary/aromatic N) is 1. The number of rotatable bonds is 6. The van der Waals surface area contributed by atoms with Crippen LogP contribution < -0.4 is 4.72 Å². The van der Waals surface area contributed by atoms with Crippen LogP contribution in [0.4, 0.5) is 17.6 Å². The number of amides is 1. The van der Waals surface area contributed by atoms with Crippen molar-refractivity contribution < 1.29 is 31.7 Å². The van der Waals surface area contributed by atoms with Crippen molar-refractivity contribution in [3.63, 3.8) is 0 Å². The van der Waals surface area contributed by atoms with E-state index in [1.807, 2.05) is 23.8 Å². The maximum Gasteiger partial charge on any atom is 0.492 e. The molecule has 2 aromatic carbocycles. The zero-order valence-electron chi connectivity index (χ0n) is 19.1. The summed E-state index contributed by atoms with van der Waals surface area (Å²) < 4.78 is 76.4. The summed E-state index contributed by atoms with van der Waals surface area (Å²) in [5, 5.41) is 10.6. The largest absolute Gasteiger partial charge is 0.492 e. The van der Waals surface area contributed by atoms with Crippen molar-refractivity contribution in [3.05, 3.63) is 59.4 Å². The maximum atomic E-state index is 15.6. The predicted octanol–water partition coefficient (Wildman–Crippen LogP) is 4.30. The highest BCUT2D eigenvalue weighted by Crippen LogP contribution is 2.37. The van der Waals surface area contributed by atoms with E-state index in [2.05, 4.69) is 0 Å². The number of carbonyl (C=O) groups excluding carboxylic acids is 1. The van der Waals surface area contributed by atoms with Gasteiger partial charge in [0, 0.05) is 18.2 Å². The Hall–Kier alpha value is -2.50. The molecule has 1 heterocycles. The van der Waals surface area contributed by atoms with Crippen molar-refractivity contribution in [1.29, 1.82) is 4.78 Å². The van der Waals surface area contributed by atoms with E-state index in [0.717, 1.165) is 5.56 Å². The van der Waals surface area contributed by atoms with Crippen LogP contribution in [-0.2, 0) is 21.1 Å². The second-order valence-corrected chi connectivity index (χ2v) is 11.1. The SMILES string of the molecule is Cc1cccc(-c2cccc(C[C@H]3[C@@H](NS(=N)(=O)C(F)(F)F)CCN3C(=O)C3(O)CCC3)c2F)c1. The van der Waals surface area contributed by atoms with E-state index >= 15 is 4.39 Å². The lowest BCUT2D eigenvalue weighted by molar-refractivity contribution is -0.161. The van der Waals surface area contributed by atoms with E-state index in [9.17, 15) is 27.3 Å². The fraction of sp³-hybridized carbons (Fsp3) is 0.458. The molecule has 4 rings (SSSR count). The van der Waals surface area contributed by atoms with Gasteiger partial charge in [-0.3, -0.25) is 4.79 Å². The van der Waals surface area contributed by atoms with Crippen LogP contribution in [0.1, 0.15) is 36.8 Å². The molecule has 0 radical (unpaired) electrons. The van der Waals surface area contributed by atoms with Crippen LogP contribution in [0.2, 0.25) is 0 Å².